The number of hydrogen-bond donors (Lipinski definition) is 1. The molecule has 0 aliphatic heterocycles. The molecule has 0 saturated carbocycles. The average Bonchev–Trinajstić information content (AvgIpc) is 2.43. The SMILES string of the molecule is CCCNC(Cc1cc(F)cc(Br)c1)c1ccncc1C. The monoisotopic (exact) mass is 350 g/mol. The number of hydrogen-bond acceptors (Lipinski definition) is 2. The van der Waals surface area contributed by atoms with E-state index in [2.05, 4.69) is 40.1 Å². The van der Waals surface area contributed by atoms with Crippen LogP contribution in [0.15, 0.2) is 41.1 Å². The lowest BCUT2D eigenvalue weighted by molar-refractivity contribution is 0.524. The van der Waals surface area contributed by atoms with Gasteiger partial charge < -0.3 is 5.32 Å². The second-order valence-corrected chi connectivity index (χ2v) is 6.14. The van der Waals surface area contributed by atoms with Crippen LogP contribution in [-0.4, -0.2) is 11.5 Å². The van der Waals surface area contributed by atoms with E-state index in [1.807, 2.05) is 24.5 Å². The summed E-state index contributed by atoms with van der Waals surface area (Å²) in [4.78, 5) is 4.15. The predicted molar refractivity (Wildman–Crippen MR) is 87.8 cm³/mol. The Morgan fingerprint density at radius 1 is 1.33 bits per heavy atom. The third-order valence-electron chi connectivity index (χ3n) is 3.44. The Balaban J connectivity index is 2.26. The van der Waals surface area contributed by atoms with E-state index in [1.165, 1.54) is 11.6 Å². The molecular weight excluding hydrogens is 331 g/mol. The third-order valence-corrected chi connectivity index (χ3v) is 3.90. The highest BCUT2D eigenvalue weighted by Crippen LogP contribution is 2.23. The minimum absolute atomic E-state index is 0.168. The van der Waals surface area contributed by atoms with Crippen molar-refractivity contribution in [2.75, 3.05) is 6.54 Å². The molecule has 0 saturated heterocycles. The molecule has 21 heavy (non-hydrogen) atoms. The normalized spacial score (nSPS) is 12.4. The highest BCUT2D eigenvalue weighted by atomic mass is 79.9. The van der Waals surface area contributed by atoms with Crippen LogP contribution < -0.4 is 5.32 Å². The molecule has 1 heterocycles. The summed E-state index contributed by atoms with van der Waals surface area (Å²) in [6.45, 7) is 5.13. The first-order valence-electron chi connectivity index (χ1n) is 7.19. The molecular formula is C17H20BrFN2. The number of rotatable bonds is 6. The van der Waals surface area contributed by atoms with Crippen LogP contribution in [0.4, 0.5) is 4.39 Å². The molecule has 2 aromatic rings. The van der Waals surface area contributed by atoms with Crippen LogP contribution in [-0.2, 0) is 6.42 Å². The molecule has 1 aromatic carbocycles. The fraction of sp³-hybridized carbons (Fsp3) is 0.353. The van der Waals surface area contributed by atoms with Crippen LogP contribution in [0.2, 0.25) is 0 Å². The summed E-state index contributed by atoms with van der Waals surface area (Å²) in [5.74, 6) is -0.208. The summed E-state index contributed by atoms with van der Waals surface area (Å²) in [7, 11) is 0. The van der Waals surface area contributed by atoms with Crippen LogP contribution in [0.1, 0.15) is 36.1 Å². The third kappa shape index (κ3) is 4.61. The first-order chi connectivity index (χ1) is 10.1. The average molecular weight is 351 g/mol. The van der Waals surface area contributed by atoms with Crippen molar-refractivity contribution in [1.82, 2.24) is 10.3 Å². The quantitative estimate of drug-likeness (QED) is 0.824. The lowest BCUT2D eigenvalue weighted by atomic mass is 9.96. The maximum Gasteiger partial charge on any atom is 0.124 e. The summed E-state index contributed by atoms with van der Waals surface area (Å²) in [5, 5.41) is 3.55. The number of nitrogens with zero attached hydrogens (tertiary/aromatic N) is 1. The maximum absolute atomic E-state index is 13.6. The standard InChI is InChI=1S/C17H20BrFN2/c1-3-5-21-17(16-4-6-20-11-12(16)2)9-13-7-14(18)10-15(19)8-13/h4,6-8,10-11,17,21H,3,5,9H2,1-2H3. The van der Waals surface area contributed by atoms with Crippen LogP contribution in [0.3, 0.4) is 0 Å². The first-order valence-corrected chi connectivity index (χ1v) is 7.98. The van der Waals surface area contributed by atoms with Gasteiger partial charge >= 0.3 is 0 Å². The van der Waals surface area contributed by atoms with Gasteiger partial charge in [-0.3, -0.25) is 4.98 Å². The van der Waals surface area contributed by atoms with E-state index in [0.717, 1.165) is 35.0 Å². The van der Waals surface area contributed by atoms with Crippen molar-refractivity contribution in [2.45, 2.75) is 32.7 Å². The van der Waals surface area contributed by atoms with Crippen molar-refractivity contribution in [2.24, 2.45) is 0 Å². The van der Waals surface area contributed by atoms with E-state index < -0.39 is 0 Å². The molecule has 2 rings (SSSR count). The molecule has 1 N–H and O–H groups in total. The molecule has 0 radical (unpaired) electrons. The van der Waals surface area contributed by atoms with Gasteiger partial charge in [0.25, 0.3) is 0 Å². The summed E-state index contributed by atoms with van der Waals surface area (Å²) in [5.41, 5.74) is 3.35. The molecule has 112 valence electrons. The van der Waals surface area contributed by atoms with E-state index in [9.17, 15) is 4.39 Å². The maximum atomic E-state index is 13.6. The van der Waals surface area contributed by atoms with Gasteiger partial charge in [0, 0.05) is 22.9 Å². The molecule has 2 nitrogen and oxygen atoms in total. The van der Waals surface area contributed by atoms with E-state index in [0.29, 0.717) is 0 Å². The predicted octanol–water partition coefficient (Wildman–Crippen LogP) is 4.58. The summed E-state index contributed by atoms with van der Waals surface area (Å²) < 4.78 is 14.3. The Bertz CT molecular complexity index is 581. The molecule has 0 spiro atoms. The van der Waals surface area contributed by atoms with Crippen LogP contribution in [0.5, 0.6) is 0 Å². The van der Waals surface area contributed by atoms with Crippen molar-refractivity contribution in [1.29, 1.82) is 0 Å². The lowest BCUT2D eigenvalue weighted by Gasteiger charge is -2.21. The second kappa shape index (κ2) is 7.66. The number of aryl methyl sites for hydroxylation is 1. The Morgan fingerprint density at radius 2 is 2.14 bits per heavy atom. The van der Waals surface area contributed by atoms with Gasteiger partial charge in [-0.15, -0.1) is 0 Å². The van der Waals surface area contributed by atoms with E-state index in [4.69, 9.17) is 0 Å². The highest BCUT2D eigenvalue weighted by molar-refractivity contribution is 9.10. The minimum atomic E-state index is -0.208. The highest BCUT2D eigenvalue weighted by Gasteiger charge is 2.14. The molecule has 1 unspecified atom stereocenters. The van der Waals surface area contributed by atoms with Crippen LogP contribution >= 0.6 is 15.9 Å². The second-order valence-electron chi connectivity index (χ2n) is 5.22. The van der Waals surface area contributed by atoms with Crippen LogP contribution in [0, 0.1) is 12.7 Å². The Labute approximate surface area is 133 Å². The summed E-state index contributed by atoms with van der Waals surface area (Å²) in [6, 6.07) is 7.26. The van der Waals surface area contributed by atoms with Crippen molar-refractivity contribution in [3.63, 3.8) is 0 Å². The zero-order valence-electron chi connectivity index (χ0n) is 12.4. The Hall–Kier alpha value is -1.26. The first kappa shape index (κ1) is 16.1. The van der Waals surface area contributed by atoms with Crippen molar-refractivity contribution < 1.29 is 4.39 Å². The van der Waals surface area contributed by atoms with Gasteiger partial charge in [0.15, 0.2) is 0 Å². The smallest absolute Gasteiger partial charge is 0.124 e. The van der Waals surface area contributed by atoms with Crippen molar-refractivity contribution in [3.8, 4) is 0 Å². The minimum Gasteiger partial charge on any atom is -0.310 e. The number of aromatic nitrogens is 1. The lowest BCUT2D eigenvalue weighted by Crippen LogP contribution is -2.25. The summed E-state index contributed by atoms with van der Waals surface area (Å²) in [6.07, 6.45) is 5.50. The molecule has 4 heteroatoms. The van der Waals surface area contributed by atoms with E-state index in [-0.39, 0.29) is 11.9 Å². The van der Waals surface area contributed by atoms with Gasteiger partial charge in [-0.25, -0.2) is 4.39 Å². The topological polar surface area (TPSA) is 24.9 Å². The van der Waals surface area contributed by atoms with Crippen LogP contribution in [0.25, 0.3) is 0 Å². The number of nitrogens with one attached hydrogen (secondary N) is 1. The molecule has 0 bridgehead atoms. The molecule has 1 aromatic heterocycles. The largest absolute Gasteiger partial charge is 0.310 e. The van der Waals surface area contributed by atoms with Gasteiger partial charge in [0.2, 0.25) is 0 Å². The van der Waals surface area contributed by atoms with Gasteiger partial charge in [-0.1, -0.05) is 22.9 Å². The molecule has 0 amide bonds. The Morgan fingerprint density at radius 3 is 2.81 bits per heavy atom. The van der Waals surface area contributed by atoms with Crippen molar-refractivity contribution in [3.05, 3.63) is 63.6 Å². The fourth-order valence-electron chi connectivity index (χ4n) is 2.45. The number of pyridine rings is 1. The van der Waals surface area contributed by atoms with E-state index in [1.54, 1.807) is 6.07 Å². The zero-order chi connectivity index (χ0) is 15.2. The Kier molecular flexibility index (Phi) is 5.88. The van der Waals surface area contributed by atoms with Gasteiger partial charge in [0.1, 0.15) is 5.82 Å². The molecule has 0 aliphatic rings. The van der Waals surface area contributed by atoms with E-state index >= 15 is 0 Å². The van der Waals surface area contributed by atoms with Gasteiger partial charge in [-0.05, 0) is 67.3 Å². The molecule has 0 aliphatic carbocycles. The zero-order valence-corrected chi connectivity index (χ0v) is 14.0. The number of benzene rings is 1. The molecule has 0 fully saturated rings. The van der Waals surface area contributed by atoms with Crippen molar-refractivity contribution >= 4 is 15.9 Å². The number of halogens is 2. The fourth-order valence-corrected chi connectivity index (χ4v) is 2.96. The summed E-state index contributed by atoms with van der Waals surface area (Å²) >= 11 is 3.36. The molecule has 1 atom stereocenters. The van der Waals surface area contributed by atoms with Gasteiger partial charge in [0.05, 0.1) is 0 Å². The van der Waals surface area contributed by atoms with Gasteiger partial charge in [-0.2, -0.15) is 0 Å².